The molecule has 0 spiro atoms. The second-order valence-electron chi connectivity index (χ2n) is 6.37. The van der Waals surface area contributed by atoms with Gasteiger partial charge in [0, 0.05) is 52.4 Å². The van der Waals surface area contributed by atoms with Gasteiger partial charge >= 0.3 is 0 Å². The maximum absolute atomic E-state index is 11.8. The van der Waals surface area contributed by atoms with E-state index in [-0.39, 0.29) is 5.91 Å². The van der Waals surface area contributed by atoms with Crippen molar-refractivity contribution < 1.29 is 4.79 Å². The van der Waals surface area contributed by atoms with Gasteiger partial charge in [0.2, 0.25) is 5.91 Å². The number of thiocarbonyl (C=S) groups is 1. The van der Waals surface area contributed by atoms with E-state index in [1.165, 1.54) is 0 Å². The monoisotopic (exact) mass is 453 g/mol. The van der Waals surface area contributed by atoms with Crippen LogP contribution in [0, 0.1) is 0 Å². The molecule has 0 aliphatic carbocycles. The highest BCUT2D eigenvalue weighted by Gasteiger charge is 2.21. The van der Waals surface area contributed by atoms with E-state index in [1.54, 1.807) is 17.8 Å². The van der Waals surface area contributed by atoms with Crippen molar-refractivity contribution in [2.24, 2.45) is 0 Å². The van der Waals surface area contributed by atoms with E-state index in [1.807, 2.05) is 41.3 Å². The number of hydrogen-bond acceptors (Lipinski definition) is 3. The highest BCUT2D eigenvalue weighted by atomic mass is 35.5. The molecule has 0 saturated carbocycles. The number of carbonyl (C=O) groups excluding carboxylic acids is 1. The van der Waals surface area contributed by atoms with Crippen LogP contribution in [0.3, 0.4) is 0 Å². The zero-order valence-electron chi connectivity index (χ0n) is 15.2. The molecule has 1 saturated heterocycles. The minimum absolute atomic E-state index is 0.190. The summed E-state index contributed by atoms with van der Waals surface area (Å²) in [6.45, 7) is 1.55. The molecule has 0 bridgehead atoms. The van der Waals surface area contributed by atoms with E-state index < -0.39 is 0 Å². The Morgan fingerprint density at radius 2 is 1.96 bits per heavy atom. The summed E-state index contributed by atoms with van der Waals surface area (Å²) in [5, 5.41) is 8.29. The lowest BCUT2D eigenvalue weighted by molar-refractivity contribution is -0.117. The molecule has 28 heavy (non-hydrogen) atoms. The summed E-state index contributed by atoms with van der Waals surface area (Å²) >= 11 is 19.2. The number of thioether (sulfide) groups is 1. The molecule has 1 aliphatic rings. The van der Waals surface area contributed by atoms with Gasteiger partial charge in [0.05, 0.1) is 0 Å². The topological polar surface area (TPSA) is 44.4 Å². The summed E-state index contributed by atoms with van der Waals surface area (Å²) in [4.78, 5) is 13.6. The van der Waals surface area contributed by atoms with Crippen molar-refractivity contribution in [3.63, 3.8) is 0 Å². The number of halogens is 2. The van der Waals surface area contributed by atoms with Crippen LogP contribution in [0.15, 0.2) is 42.5 Å². The largest absolute Gasteiger partial charge is 0.362 e. The number of rotatable bonds is 7. The number of nitrogens with one attached hydrogen (secondary N) is 2. The smallest absolute Gasteiger partial charge is 0.227 e. The fourth-order valence-corrected chi connectivity index (χ4v) is 4.52. The van der Waals surface area contributed by atoms with E-state index in [9.17, 15) is 4.79 Å². The Balaban J connectivity index is 1.36. The third-order valence-corrected chi connectivity index (χ3v) is 6.16. The van der Waals surface area contributed by atoms with Gasteiger partial charge in [-0.15, -0.1) is 0 Å². The third kappa shape index (κ3) is 6.01. The Kier molecular flexibility index (Phi) is 7.85. The van der Waals surface area contributed by atoms with Gasteiger partial charge < -0.3 is 15.5 Å². The Morgan fingerprint density at radius 1 is 1.18 bits per heavy atom. The molecule has 1 heterocycles. The number of anilines is 2. The summed E-state index contributed by atoms with van der Waals surface area (Å²) < 4.78 is 0. The van der Waals surface area contributed by atoms with Crippen molar-refractivity contribution >= 4 is 69.6 Å². The molecular weight excluding hydrogens is 433 g/mol. The Bertz CT molecular complexity index is 846. The summed E-state index contributed by atoms with van der Waals surface area (Å²) in [5.74, 6) is 1.92. The Morgan fingerprint density at radius 3 is 2.64 bits per heavy atom. The first-order valence-corrected chi connectivity index (χ1v) is 11.3. The maximum Gasteiger partial charge on any atom is 0.227 e. The molecule has 2 aromatic rings. The summed E-state index contributed by atoms with van der Waals surface area (Å²) in [6.07, 6.45) is 1.56. The molecule has 4 nitrogen and oxygen atoms in total. The van der Waals surface area contributed by atoms with Crippen LogP contribution >= 0.6 is 47.2 Å². The van der Waals surface area contributed by atoms with Crippen molar-refractivity contribution in [3.8, 4) is 0 Å². The van der Waals surface area contributed by atoms with Gasteiger partial charge in [-0.05, 0) is 60.6 Å². The van der Waals surface area contributed by atoms with E-state index in [2.05, 4.69) is 10.6 Å². The third-order valence-electron chi connectivity index (χ3n) is 4.31. The molecule has 1 fully saturated rings. The van der Waals surface area contributed by atoms with Crippen LogP contribution in [0.5, 0.6) is 0 Å². The van der Waals surface area contributed by atoms with E-state index in [4.69, 9.17) is 35.4 Å². The number of benzene rings is 2. The van der Waals surface area contributed by atoms with Crippen LogP contribution < -0.4 is 15.5 Å². The first-order valence-electron chi connectivity index (χ1n) is 9.00. The lowest BCUT2D eigenvalue weighted by Gasteiger charge is -2.16. The Labute approximate surface area is 185 Å². The average Bonchev–Trinajstić information content (AvgIpc) is 3.09. The molecule has 0 aromatic heterocycles. The normalized spacial score (nSPS) is 13.6. The van der Waals surface area contributed by atoms with Crippen molar-refractivity contribution in [3.05, 3.63) is 58.1 Å². The Hall–Kier alpha value is -1.47. The van der Waals surface area contributed by atoms with Crippen molar-refractivity contribution in [2.45, 2.75) is 18.6 Å². The SMILES string of the molecule is O=C1CCCN1c1ccc(NC(=S)NCCSCc2ccc(Cl)cc2Cl)cc1. The molecule has 1 aliphatic heterocycles. The molecule has 2 aromatic carbocycles. The molecule has 3 rings (SSSR count). The highest BCUT2D eigenvalue weighted by molar-refractivity contribution is 7.98. The van der Waals surface area contributed by atoms with Gasteiger partial charge in [-0.2, -0.15) is 11.8 Å². The molecule has 0 unspecified atom stereocenters. The van der Waals surface area contributed by atoms with Crippen LogP contribution in [0.25, 0.3) is 0 Å². The van der Waals surface area contributed by atoms with Crippen molar-refractivity contribution in [1.29, 1.82) is 0 Å². The van der Waals surface area contributed by atoms with Crippen LogP contribution in [-0.4, -0.2) is 29.9 Å². The summed E-state index contributed by atoms with van der Waals surface area (Å²) in [6, 6.07) is 13.3. The van der Waals surface area contributed by atoms with E-state index in [0.29, 0.717) is 21.6 Å². The predicted octanol–water partition coefficient (Wildman–Crippen LogP) is 5.34. The van der Waals surface area contributed by atoms with E-state index >= 15 is 0 Å². The minimum Gasteiger partial charge on any atom is -0.362 e. The van der Waals surface area contributed by atoms with Gasteiger partial charge in [0.25, 0.3) is 0 Å². The number of hydrogen-bond donors (Lipinski definition) is 2. The molecule has 0 atom stereocenters. The highest BCUT2D eigenvalue weighted by Crippen LogP contribution is 2.25. The second-order valence-corrected chi connectivity index (χ2v) is 8.72. The molecule has 2 N–H and O–H groups in total. The molecule has 148 valence electrons. The molecule has 8 heteroatoms. The second kappa shape index (κ2) is 10.3. The zero-order chi connectivity index (χ0) is 19.9. The van der Waals surface area contributed by atoms with Gasteiger partial charge in [-0.3, -0.25) is 4.79 Å². The fraction of sp³-hybridized carbons (Fsp3) is 0.300. The number of carbonyl (C=O) groups is 1. The fourth-order valence-electron chi connectivity index (χ4n) is 2.88. The van der Waals surface area contributed by atoms with Gasteiger partial charge in [0.15, 0.2) is 5.11 Å². The van der Waals surface area contributed by atoms with Gasteiger partial charge in [-0.1, -0.05) is 29.3 Å². The number of amides is 1. The van der Waals surface area contributed by atoms with Gasteiger partial charge in [-0.25, -0.2) is 0 Å². The van der Waals surface area contributed by atoms with Crippen LogP contribution in [-0.2, 0) is 10.5 Å². The molecule has 1 amide bonds. The zero-order valence-corrected chi connectivity index (χ0v) is 18.4. The predicted molar refractivity (Wildman–Crippen MR) is 125 cm³/mol. The van der Waals surface area contributed by atoms with Crippen LogP contribution in [0.1, 0.15) is 18.4 Å². The lowest BCUT2D eigenvalue weighted by Crippen LogP contribution is -2.30. The van der Waals surface area contributed by atoms with E-state index in [0.717, 1.165) is 48.0 Å². The molecular formula is C20H21Cl2N3OS2. The number of nitrogens with zero attached hydrogens (tertiary/aromatic N) is 1. The van der Waals surface area contributed by atoms with Crippen LogP contribution in [0.2, 0.25) is 10.0 Å². The van der Waals surface area contributed by atoms with Gasteiger partial charge in [0.1, 0.15) is 0 Å². The van der Waals surface area contributed by atoms with Crippen molar-refractivity contribution in [1.82, 2.24) is 5.32 Å². The average molecular weight is 454 g/mol. The standard InChI is InChI=1S/C20H21Cl2N3OS2/c21-15-4-3-14(18(22)12-15)13-28-11-9-23-20(27)24-16-5-7-17(8-6-16)25-10-1-2-19(25)26/h3-8,12H,1-2,9-11,13H2,(H2,23,24,27). The lowest BCUT2D eigenvalue weighted by atomic mass is 10.2. The maximum atomic E-state index is 11.8. The first-order chi connectivity index (χ1) is 13.5. The van der Waals surface area contributed by atoms with Crippen LogP contribution in [0.4, 0.5) is 11.4 Å². The quantitative estimate of drug-likeness (QED) is 0.437. The first kappa shape index (κ1) is 21.2. The molecule has 0 radical (unpaired) electrons. The minimum atomic E-state index is 0.190. The summed E-state index contributed by atoms with van der Waals surface area (Å²) in [7, 11) is 0. The van der Waals surface area contributed by atoms with Crippen molar-refractivity contribution in [2.75, 3.05) is 29.1 Å². The summed E-state index contributed by atoms with van der Waals surface area (Å²) in [5.41, 5.74) is 2.91.